The molecular formula is C27H32N4O3. The molecule has 0 bridgehead atoms. The van der Waals surface area contributed by atoms with Crippen LogP contribution in [0, 0.1) is 6.92 Å². The third-order valence-corrected chi connectivity index (χ3v) is 6.00. The van der Waals surface area contributed by atoms with Crippen LogP contribution in [0.2, 0.25) is 0 Å². The third kappa shape index (κ3) is 5.66. The number of ether oxygens (including phenoxy) is 2. The van der Waals surface area contributed by atoms with E-state index in [0.717, 1.165) is 29.9 Å². The van der Waals surface area contributed by atoms with Gasteiger partial charge in [0.25, 0.3) is 5.91 Å². The van der Waals surface area contributed by atoms with E-state index >= 15 is 0 Å². The summed E-state index contributed by atoms with van der Waals surface area (Å²) >= 11 is 0. The number of amides is 1. The molecule has 0 saturated carbocycles. The lowest BCUT2D eigenvalue weighted by molar-refractivity contribution is 0.0302. The lowest BCUT2D eigenvalue weighted by Gasteiger charge is -2.27. The first kappa shape index (κ1) is 23.6. The van der Waals surface area contributed by atoms with Crippen molar-refractivity contribution in [3.63, 3.8) is 0 Å². The number of rotatable bonds is 8. The van der Waals surface area contributed by atoms with Crippen LogP contribution in [0.4, 0.5) is 17.2 Å². The zero-order valence-electron chi connectivity index (χ0n) is 20.1. The van der Waals surface area contributed by atoms with Crippen molar-refractivity contribution >= 4 is 23.1 Å². The summed E-state index contributed by atoms with van der Waals surface area (Å²) in [6.07, 6.45) is 2.87. The second-order valence-electron chi connectivity index (χ2n) is 8.36. The fraction of sp³-hybridized carbons (Fsp3) is 0.333. The van der Waals surface area contributed by atoms with Crippen LogP contribution in [0.1, 0.15) is 34.0 Å². The van der Waals surface area contributed by atoms with Gasteiger partial charge in [-0.15, -0.1) is 0 Å². The van der Waals surface area contributed by atoms with Gasteiger partial charge in [-0.25, -0.2) is 4.98 Å². The summed E-state index contributed by atoms with van der Waals surface area (Å²) < 4.78 is 10.9. The third-order valence-electron chi connectivity index (χ3n) is 6.00. The molecule has 1 amide bonds. The minimum Gasteiger partial charge on any atom is -0.495 e. The van der Waals surface area contributed by atoms with Crippen LogP contribution in [0.15, 0.2) is 54.7 Å². The number of nitrogens with zero attached hydrogens (tertiary/aromatic N) is 2. The monoisotopic (exact) mass is 460 g/mol. The molecule has 34 heavy (non-hydrogen) atoms. The Morgan fingerprint density at radius 3 is 2.65 bits per heavy atom. The Kier molecular flexibility index (Phi) is 7.65. The molecule has 2 aromatic carbocycles. The van der Waals surface area contributed by atoms with E-state index < -0.39 is 0 Å². The molecule has 1 aliphatic rings. The van der Waals surface area contributed by atoms with Crippen molar-refractivity contribution in [3.05, 3.63) is 77.0 Å². The van der Waals surface area contributed by atoms with Crippen molar-refractivity contribution in [1.29, 1.82) is 0 Å². The largest absolute Gasteiger partial charge is 0.495 e. The highest BCUT2D eigenvalue weighted by Gasteiger charge is 2.20. The first-order chi connectivity index (χ1) is 16.6. The van der Waals surface area contributed by atoms with Gasteiger partial charge >= 0.3 is 0 Å². The van der Waals surface area contributed by atoms with Crippen molar-refractivity contribution in [2.24, 2.45) is 0 Å². The number of anilines is 3. The Morgan fingerprint density at radius 1 is 1.09 bits per heavy atom. The second-order valence-corrected chi connectivity index (χ2v) is 8.36. The Morgan fingerprint density at radius 2 is 1.88 bits per heavy atom. The number of hydrogen-bond acceptors (Lipinski definition) is 6. The summed E-state index contributed by atoms with van der Waals surface area (Å²) in [7, 11) is 1.60. The molecule has 0 spiro atoms. The highest BCUT2D eigenvalue weighted by molar-refractivity contribution is 5.95. The Hall–Kier alpha value is -3.58. The zero-order chi connectivity index (χ0) is 23.9. The number of nitrogens with one attached hydrogen (secondary N) is 2. The van der Waals surface area contributed by atoms with Crippen molar-refractivity contribution < 1.29 is 14.3 Å². The van der Waals surface area contributed by atoms with Crippen LogP contribution >= 0.6 is 0 Å². The number of methoxy groups -OCH3 is 1. The van der Waals surface area contributed by atoms with Crippen LogP contribution in [0.5, 0.6) is 5.75 Å². The minimum atomic E-state index is -0.0137. The van der Waals surface area contributed by atoms with Gasteiger partial charge in [-0.1, -0.05) is 31.2 Å². The molecule has 7 nitrogen and oxygen atoms in total. The number of aromatic nitrogens is 1. The molecule has 178 valence electrons. The standard InChI is InChI=1S/C27H32N4O3/c1-4-20-6-5-7-21(14-20)18-28-24-16-26(29-17-19(24)2)30-23-9-8-22(15-25(23)33-3)27(32)31-10-12-34-13-11-31/h5-9,14-17H,4,10-13,18H2,1-3H3,(H2,28,29,30). The van der Waals surface area contributed by atoms with Gasteiger partial charge < -0.3 is 25.0 Å². The van der Waals surface area contributed by atoms with E-state index in [-0.39, 0.29) is 5.91 Å². The van der Waals surface area contributed by atoms with Crippen LogP contribution in [0.3, 0.4) is 0 Å². The van der Waals surface area contributed by atoms with E-state index in [0.29, 0.717) is 43.4 Å². The zero-order valence-corrected chi connectivity index (χ0v) is 20.1. The normalized spacial score (nSPS) is 13.4. The molecule has 0 atom stereocenters. The highest BCUT2D eigenvalue weighted by atomic mass is 16.5. The quantitative estimate of drug-likeness (QED) is 0.503. The number of carbonyl (C=O) groups excluding carboxylic acids is 1. The topological polar surface area (TPSA) is 75.7 Å². The van der Waals surface area contributed by atoms with Crippen LogP contribution in [-0.4, -0.2) is 49.2 Å². The second kappa shape index (κ2) is 11.0. The summed E-state index contributed by atoms with van der Waals surface area (Å²) in [6, 6.07) is 16.0. The number of pyridine rings is 1. The van der Waals surface area contributed by atoms with E-state index in [1.807, 2.05) is 31.3 Å². The number of morpholine rings is 1. The average molecular weight is 461 g/mol. The predicted molar refractivity (Wildman–Crippen MR) is 135 cm³/mol. The van der Waals surface area contributed by atoms with E-state index in [1.54, 1.807) is 18.1 Å². The molecular weight excluding hydrogens is 428 g/mol. The molecule has 1 fully saturated rings. The molecule has 1 aromatic heterocycles. The van der Waals surface area contributed by atoms with Gasteiger partial charge in [-0.3, -0.25) is 4.79 Å². The van der Waals surface area contributed by atoms with Gasteiger partial charge in [-0.05, 0) is 48.2 Å². The van der Waals surface area contributed by atoms with E-state index in [9.17, 15) is 4.79 Å². The predicted octanol–water partition coefficient (Wildman–Crippen LogP) is 4.79. The fourth-order valence-electron chi connectivity index (χ4n) is 3.95. The molecule has 1 saturated heterocycles. The Balaban J connectivity index is 1.47. The first-order valence-electron chi connectivity index (χ1n) is 11.7. The summed E-state index contributed by atoms with van der Waals surface area (Å²) in [5.41, 5.74) is 5.99. The summed E-state index contributed by atoms with van der Waals surface area (Å²) in [4.78, 5) is 19.2. The molecule has 1 aliphatic heterocycles. The van der Waals surface area contributed by atoms with E-state index in [1.165, 1.54) is 11.1 Å². The summed E-state index contributed by atoms with van der Waals surface area (Å²) in [5.74, 6) is 1.27. The van der Waals surface area contributed by atoms with Gasteiger partial charge in [0.05, 0.1) is 26.0 Å². The van der Waals surface area contributed by atoms with Gasteiger partial charge in [-0.2, -0.15) is 0 Å². The van der Waals surface area contributed by atoms with Gasteiger partial charge in [0.2, 0.25) is 0 Å². The molecule has 4 rings (SSSR count). The molecule has 0 unspecified atom stereocenters. The summed E-state index contributed by atoms with van der Waals surface area (Å²) in [6.45, 7) is 7.29. The van der Waals surface area contributed by atoms with Gasteiger partial charge in [0.1, 0.15) is 11.6 Å². The lowest BCUT2D eigenvalue weighted by atomic mass is 10.1. The molecule has 2 heterocycles. The van der Waals surface area contributed by atoms with Gasteiger partial charge in [0, 0.05) is 43.1 Å². The SMILES string of the molecule is CCc1cccc(CNc2cc(Nc3ccc(C(=O)N4CCOCC4)cc3OC)ncc2C)c1. The summed E-state index contributed by atoms with van der Waals surface area (Å²) in [5, 5.41) is 6.86. The maximum Gasteiger partial charge on any atom is 0.254 e. The number of benzene rings is 2. The number of aryl methyl sites for hydroxylation is 2. The van der Waals surface area contributed by atoms with Crippen LogP contribution in [-0.2, 0) is 17.7 Å². The minimum absolute atomic E-state index is 0.0137. The smallest absolute Gasteiger partial charge is 0.254 e. The molecule has 2 N–H and O–H groups in total. The number of hydrogen-bond donors (Lipinski definition) is 2. The van der Waals surface area contributed by atoms with Crippen molar-refractivity contribution in [2.75, 3.05) is 44.0 Å². The average Bonchev–Trinajstić information content (AvgIpc) is 2.89. The Labute approximate surface area is 201 Å². The van der Waals surface area contributed by atoms with Crippen molar-refractivity contribution in [2.45, 2.75) is 26.8 Å². The Bertz CT molecular complexity index is 1140. The first-order valence-corrected chi connectivity index (χ1v) is 11.7. The van der Waals surface area contributed by atoms with Gasteiger partial charge in [0.15, 0.2) is 0 Å². The van der Waals surface area contributed by atoms with Crippen LogP contribution < -0.4 is 15.4 Å². The van der Waals surface area contributed by atoms with Crippen molar-refractivity contribution in [1.82, 2.24) is 9.88 Å². The van der Waals surface area contributed by atoms with Crippen LogP contribution in [0.25, 0.3) is 0 Å². The molecule has 3 aromatic rings. The van der Waals surface area contributed by atoms with E-state index in [2.05, 4.69) is 46.8 Å². The highest BCUT2D eigenvalue weighted by Crippen LogP contribution is 2.30. The fourth-order valence-corrected chi connectivity index (χ4v) is 3.95. The lowest BCUT2D eigenvalue weighted by Crippen LogP contribution is -2.40. The molecule has 0 aliphatic carbocycles. The maximum absolute atomic E-state index is 12.8. The number of carbonyl (C=O) groups is 1. The van der Waals surface area contributed by atoms with E-state index in [4.69, 9.17) is 9.47 Å². The molecule has 7 heteroatoms. The maximum atomic E-state index is 12.8. The molecule has 0 radical (unpaired) electrons. The van der Waals surface area contributed by atoms with Crippen molar-refractivity contribution in [3.8, 4) is 5.75 Å².